The molecule has 0 atom stereocenters. The van der Waals surface area contributed by atoms with Gasteiger partial charge in [-0.1, -0.05) is 6.92 Å². The van der Waals surface area contributed by atoms with Crippen LogP contribution in [0.2, 0.25) is 0 Å². The van der Waals surface area contributed by atoms with Gasteiger partial charge < -0.3 is 4.74 Å². The minimum absolute atomic E-state index is 0.243. The largest absolute Gasteiger partial charge is 0.381 e. The first-order chi connectivity index (χ1) is 7.91. The van der Waals surface area contributed by atoms with Gasteiger partial charge in [-0.15, -0.1) is 0 Å². The molecule has 17 heavy (non-hydrogen) atoms. The number of sulfonamides is 1. The van der Waals surface area contributed by atoms with Crippen molar-refractivity contribution in [3.8, 4) is 0 Å². The molecular weight excluding hydrogens is 238 g/mol. The van der Waals surface area contributed by atoms with Crippen molar-refractivity contribution in [1.29, 1.82) is 0 Å². The van der Waals surface area contributed by atoms with Crippen LogP contribution in [0.15, 0.2) is 0 Å². The van der Waals surface area contributed by atoms with E-state index in [-0.39, 0.29) is 10.9 Å². The van der Waals surface area contributed by atoms with Crippen LogP contribution in [0.5, 0.6) is 0 Å². The predicted molar refractivity (Wildman–Crippen MR) is 65.2 cm³/mol. The highest BCUT2D eigenvalue weighted by Gasteiger charge is 2.72. The predicted octanol–water partition coefficient (Wildman–Crippen LogP) is 1.37. The van der Waals surface area contributed by atoms with Gasteiger partial charge in [0.15, 0.2) is 0 Å². The van der Waals surface area contributed by atoms with Gasteiger partial charge >= 0.3 is 0 Å². The van der Waals surface area contributed by atoms with E-state index in [2.05, 4.69) is 6.92 Å². The lowest BCUT2D eigenvalue weighted by Gasteiger charge is -2.68. The van der Waals surface area contributed by atoms with Crippen LogP contribution in [0.3, 0.4) is 0 Å². The van der Waals surface area contributed by atoms with Crippen molar-refractivity contribution in [2.75, 3.05) is 20.2 Å². The fourth-order valence-electron chi connectivity index (χ4n) is 4.03. The molecular formula is C12H21NO3S. The Morgan fingerprint density at radius 2 is 1.71 bits per heavy atom. The summed E-state index contributed by atoms with van der Waals surface area (Å²) < 4.78 is 31.7. The van der Waals surface area contributed by atoms with E-state index < -0.39 is 10.0 Å². The van der Waals surface area contributed by atoms with Crippen molar-refractivity contribution in [3.05, 3.63) is 0 Å². The average molecular weight is 259 g/mol. The molecule has 0 unspecified atom stereocenters. The zero-order valence-electron chi connectivity index (χ0n) is 10.6. The smallest absolute Gasteiger partial charge is 0.219 e. The van der Waals surface area contributed by atoms with E-state index in [1.807, 2.05) is 0 Å². The minimum Gasteiger partial charge on any atom is -0.381 e. The summed E-state index contributed by atoms with van der Waals surface area (Å²) in [4.78, 5) is 0. The summed E-state index contributed by atoms with van der Waals surface area (Å²) in [5.41, 5.74) is 0.345. The van der Waals surface area contributed by atoms with Crippen molar-refractivity contribution in [2.45, 2.75) is 49.9 Å². The third kappa shape index (κ3) is 1.52. The summed E-state index contributed by atoms with van der Waals surface area (Å²) in [6.45, 7) is 3.47. The van der Waals surface area contributed by atoms with E-state index in [9.17, 15) is 8.42 Å². The number of methoxy groups -OCH3 is 1. The van der Waals surface area contributed by atoms with Gasteiger partial charge in [-0.2, -0.15) is 0 Å². The summed E-state index contributed by atoms with van der Waals surface area (Å²) in [6.07, 6.45) is 4.56. The molecule has 0 N–H and O–H groups in total. The highest BCUT2D eigenvalue weighted by molar-refractivity contribution is 7.90. The Hall–Kier alpha value is -0.130. The molecule has 0 aromatic heterocycles. The molecule has 4 fully saturated rings. The van der Waals surface area contributed by atoms with E-state index in [1.54, 1.807) is 11.4 Å². The highest BCUT2D eigenvalue weighted by atomic mass is 32.2. The minimum atomic E-state index is -3.05. The van der Waals surface area contributed by atoms with Gasteiger partial charge in [-0.05, 0) is 37.5 Å². The number of hydrogen-bond donors (Lipinski definition) is 0. The fraction of sp³-hybridized carbons (Fsp3) is 1.00. The summed E-state index contributed by atoms with van der Waals surface area (Å²) in [7, 11) is -1.35. The van der Waals surface area contributed by atoms with Crippen molar-refractivity contribution >= 4 is 10.0 Å². The second kappa shape index (κ2) is 3.45. The molecule has 3 aliphatic carbocycles. The summed E-state index contributed by atoms with van der Waals surface area (Å²) in [5, 5.41) is 0. The van der Waals surface area contributed by atoms with Crippen LogP contribution in [0.25, 0.3) is 0 Å². The topological polar surface area (TPSA) is 46.6 Å². The Morgan fingerprint density at radius 1 is 1.18 bits per heavy atom. The van der Waals surface area contributed by atoms with E-state index in [0.717, 1.165) is 32.1 Å². The van der Waals surface area contributed by atoms with Crippen LogP contribution in [0.4, 0.5) is 0 Å². The maximum absolute atomic E-state index is 12.5. The molecule has 5 heteroatoms. The molecule has 1 saturated heterocycles. The second-order valence-electron chi connectivity index (χ2n) is 6.36. The molecule has 0 aromatic carbocycles. The highest BCUT2D eigenvalue weighted by Crippen LogP contribution is 2.71. The number of rotatable bonds is 3. The number of ether oxygens (including phenoxy) is 1. The first-order valence-electron chi connectivity index (χ1n) is 6.43. The molecule has 0 aromatic rings. The Labute approximate surface area is 103 Å². The van der Waals surface area contributed by atoms with Crippen molar-refractivity contribution < 1.29 is 13.2 Å². The van der Waals surface area contributed by atoms with Crippen LogP contribution in [-0.4, -0.2) is 43.8 Å². The number of piperidine rings is 1. The van der Waals surface area contributed by atoms with E-state index in [1.165, 1.54) is 0 Å². The Kier molecular flexibility index (Phi) is 2.42. The van der Waals surface area contributed by atoms with Crippen LogP contribution in [-0.2, 0) is 14.8 Å². The SMILES string of the molecule is COC1CCN(S(=O)(=O)C23CC(C)(C2)C3)CC1. The summed E-state index contributed by atoms with van der Waals surface area (Å²) >= 11 is 0. The molecule has 98 valence electrons. The van der Waals surface area contributed by atoms with E-state index >= 15 is 0 Å². The molecule has 1 aliphatic heterocycles. The molecule has 2 bridgehead atoms. The maximum atomic E-state index is 12.5. The van der Waals surface area contributed by atoms with Crippen molar-refractivity contribution in [1.82, 2.24) is 4.31 Å². The normalized spacial score (nSPS) is 42.9. The van der Waals surface area contributed by atoms with Gasteiger partial charge in [0.2, 0.25) is 10.0 Å². The van der Waals surface area contributed by atoms with Crippen molar-refractivity contribution in [2.24, 2.45) is 5.41 Å². The average Bonchev–Trinajstić information content (AvgIpc) is 2.23. The monoisotopic (exact) mass is 259 g/mol. The molecule has 4 nitrogen and oxygen atoms in total. The zero-order valence-corrected chi connectivity index (χ0v) is 11.4. The summed E-state index contributed by atoms with van der Waals surface area (Å²) in [5.74, 6) is 0. The Bertz CT molecular complexity index is 403. The molecule has 4 rings (SSSR count). The lowest BCUT2D eigenvalue weighted by molar-refractivity contribution is -0.0667. The van der Waals surface area contributed by atoms with E-state index in [4.69, 9.17) is 4.74 Å². The van der Waals surface area contributed by atoms with Gasteiger partial charge in [0.05, 0.1) is 10.9 Å². The maximum Gasteiger partial charge on any atom is 0.219 e. The lowest BCUT2D eigenvalue weighted by atomic mass is 9.45. The molecule has 4 aliphatic rings. The Balaban J connectivity index is 1.69. The third-order valence-corrected chi connectivity index (χ3v) is 7.44. The van der Waals surface area contributed by atoms with Crippen LogP contribution >= 0.6 is 0 Å². The number of hydrogen-bond acceptors (Lipinski definition) is 3. The molecule has 1 heterocycles. The zero-order chi connectivity index (χ0) is 12.3. The third-order valence-electron chi connectivity index (χ3n) is 4.87. The van der Waals surface area contributed by atoms with Gasteiger partial charge in [0, 0.05) is 20.2 Å². The second-order valence-corrected chi connectivity index (χ2v) is 8.70. The fourth-order valence-corrected chi connectivity index (χ4v) is 6.87. The van der Waals surface area contributed by atoms with Gasteiger partial charge in [0.25, 0.3) is 0 Å². The van der Waals surface area contributed by atoms with Gasteiger partial charge in [-0.25, -0.2) is 12.7 Å². The lowest BCUT2D eigenvalue weighted by Crippen LogP contribution is -2.72. The first kappa shape index (κ1) is 11.9. The standard InChI is InChI=1S/C12H21NO3S/c1-11-7-12(8-11,9-11)17(14,15)13-5-3-10(16-2)4-6-13/h10H,3-9H2,1-2H3. The first-order valence-corrected chi connectivity index (χ1v) is 7.87. The number of nitrogens with zero attached hydrogens (tertiary/aromatic N) is 1. The van der Waals surface area contributed by atoms with E-state index in [0.29, 0.717) is 18.5 Å². The van der Waals surface area contributed by atoms with Crippen molar-refractivity contribution in [3.63, 3.8) is 0 Å². The molecule has 0 amide bonds. The van der Waals surface area contributed by atoms with Crippen LogP contribution in [0, 0.1) is 5.41 Å². The Morgan fingerprint density at radius 3 is 2.12 bits per heavy atom. The van der Waals surface area contributed by atoms with Gasteiger partial charge in [-0.3, -0.25) is 0 Å². The van der Waals surface area contributed by atoms with Crippen LogP contribution in [0.1, 0.15) is 39.0 Å². The molecule has 0 spiro atoms. The molecule has 0 radical (unpaired) electrons. The van der Waals surface area contributed by atoms with Gasteiger partial charge in [0.1, 0.15) is 0 Å². The van der Waals surface area contributed by atoms with Crippen LogP contribution < -0.4 is 0 Å². The quantitative estimate of drug-likeness (QED) is 0.769. The summed E-state index contributed by atoms with van der Waals surface area (Å²) in [6, 6.07) is 0. The molecule has 3 saturated carbocycles.